The van der Waals surface area contributed by atoms with Crippen LogP contribution in [0.5, 0.6) is 0 Å². The van der Waals surface area contributed by atoms with Crippen LogP contribution in [0.3, 0.4) is 0 Å². The number of rotatable bonds is 2. The number of imidazole rings is 1. The fraction of sp³-hybridized carbons (Fsp3) is 0.364. The lowest BCUT2D eigenvalue weighted by Crippen LogP contribution is -1.99. The van der Waals surface area contributed by atoms with Gasteiger partial charge < -0.3 is 5.73 Å². The average Bonchev–Trinajstić information content (AvgIpc) is 2.57. The van der Waals surface area contributed by atoms with Crippen LogP contribution in [0.1, 0.15) is 31.9 Å². The second-order valence-electron chi connectivity index (χ2n) is 3.74. The van der Waals surface area contributed by atoms with Crippen LogP contribution in [0.4, 0.5) is 5.82 Å². The molecule has 2 aromatic rings. The number of nitrogen functional groups attached to an aromatic ring is 1. The van der Waals surface area contributed by atoms with Crippen LogP contribution >= 0.6 is 15.9 Å². The molecule has 0 saturated carbocycles. The van der Waals surface area contributed by atoms with E-state index < -0.39 is 0 Å². The highest BCUT2D eigenvalue weighted by atomic mass is 79.9. The SMILES string of the molecule is CCC(C)c1nc2c(Br)cccn2c1N. The summed E-state index contributed by atoms with van der Waals surface area (Å²) in [6, 6.07) is 3.93. The molecule has 0 saturated heterocycles. The van der Waals surface area contributed by atoms with Gasteiger partial charge in [-0.1, -0.05) is 13.8 Å². The number of fused-ring (bicyclic) bond motifs is 1. The molecule has 0 bridgehead atoms. The monoisotopic (exact) mass is 267 g/mol. The first-order valence-corrected chi connectivity index (χ1v) is 5.86. The topological polar surface area (TPSA) is 43.3 Å². The molecule has 80 valence electrons. The predicted molar refractivity (Wildman–Crippen MR) is 66.0 cm³/mol. The number of anilines is 1. The van der Waals surface area contributed by atoms with Gasteiger partial charge in [0.1, 0.15) is 5.82 Å². The smallest absolute Gasteiger partial charge is 0.153 e. The molecule has 2 aromatic heterocycles. The number of aromatic nitrogens is 2. The molecule has 1 atom stereocenters. The van der Waals surface area contributed by atoms with Crippen molar-refractivity contribution in [1.82, 2.24) is 9.38 Å². The Morgan fingerprint density at radius 2 is 2.33 bits per heavy atom. The van der Waals surface area contributed by atoms with Crippen molar-refractivity contribution in [2.24, 2.45) is 0 Å². The van der Waals surface area contributed by atoms with Crippen LogP contribution in [0.25, 0.3) is 5.65 Å². The van der Waals surface area contributed by atoms with Gasteiger partial charge in [0, 0.05) is 12.1 Å². The third kappa shape index (κ3) is 1.63. The van der Waals surface area contributed by atoms with Crippen LogP contribution in [-0.4, -0.2) is 9.38 Å². The summed E-state index contributed by atoms with van der Waals surface area (Å²) in [4.78, 5) is 4.57. The highest BCUT2D eigenvalue weighted by Crippen LogP contribution is 2.28. The number of nitrogens with two attached hydrogens (primary N) is 1. The van der Waals surface area contributed by atoms with Gasteiger partial charge >= 0.3 is 0 Å². The number of nitrogens with zero attached hydrogens (tertiary/aromatic N) is 2. The highest BCUT2D eigenvalue weighted by molar-refractivity contribution is 9.10. The normalized spacial score (nSPS) is 13.3. The fourth-order valence-electron chi connectivity index (χ4n) is 1.63. The van der Waals surface area contributed by atoms with E-state index in [0.717, 1.165) is 28.1 Å². The lowest BCUT2D eigenvalue weighted by atomic mass is 10.1. The van der Waals surface area contributed by atoms with Gasteiger partial charge in [-0.15, -0.1) is 0 Å². The molecule has 0 aliphatic rings. The maximum atomic E-state index is 6.06. The van der Waals surface area contributed by atoms with Crippen LogP contribution in [0, 0.1) is 0 Å². The van der Waals surface area contributed by atoms with Crippen LogP contribution in [0.15, 0.2) is 22.8 Å². The van der Waals surface area contributed by atoms with E-state index in [9.17, 15) is 0 Å². The van der Waals surface area contributed by atoms with Crippen molar-refractivity contribution in [1.29, 1.82) is 0 Å². The first-order chi connectivity index (χ1) is 7.15. The fourth-order valence-corrected chi connectivity index (χ4v) is 2.06. The Bertz CT molecular complexity index is 490. The summed E-state index contributed by atoms with van der Waals surface area (Å²) < 4.78 is 2.90. The van der Waals surface area contributed by atoms with Gasteiger partial charge in [0.05, 0.1) is 10.2 Å². The molecule has 0 aliphatic heterocycles. The van der Waals surface area contributed by atoms with E-state index in [0.29, 0.717) is 5.92 Å². The van der Waals surface area contributed by atoms with Crippen LogP contribution < -0.4 is 5.73 Å². The van der Waals surface area contributed by atoms with Crippen molar-refractivity contribution >= 4 is 27.4 Å². The molecule has 2 heterocycles. The summed E-state index contributed by atoms with van der Waals surface area (Å²) in [7, 11) is 0. The largest absolute Gasteiger partial charge is 0.383 e. The van der Waals surface area contributed by atoms with Crippen molar-refractivity contribution in [2.75, 3.05) is 5.73 Å². The number of halogens is 1. The van der Waals surface area contributed by atoms with Gasteiger partial charge in [0.25, 0.3) is 0 Å². The zero-order valence-corrected chi connectivity index (χ0v) is 10.5. The van der Waals surface area contributed by atoms with E-state index in [4.69, 9.17) is 5.73 Å². The minimum absolute atomic E-state index is 0.400. The molecule has 0 spiro atoms. The van der Waals surface area contributed by atoms with E-state index in [2.05, 4.69) is 34.8 Å². The second kappa shape index (κ2) is 3.85. The minimum atomic E-state index is 0.400. The van der Waals surface area contributed by atoms with Crippen molar-refractivity contribution in [3.05, 3.63) is 28.5 Å². The molecule has 0 radical (unpaired) electrons. The van der Waals surface area contributed by atoms with E-state index in [1.807, 2.05) is 22.7 Å². The third-order valence-corrected chi connectivity index (χ3v) is 3.37. The van der Waals surface area contributed by atoms with Crippen molar-refractivity contribution < 1.29 is 0 Å². The molecule has 3 nitrogen and oxygen atoms in total. The summed E-state index contributed by atoms with van der Waals surface area (Å²) in [5.74, 6) is 1.15. The van der Waals surface area contributed by atoms with E-state index >= 15 is 0 Å². The van der Waals surface area contributed by atoms with Crippen LogP contribution in [0.2, 0.25) is 0 Å². The molecule has 2 rings (SSSR count). The van der Waals surface area contributed by atoms with E-state index in [-0.39, 0.29) is 0 Å². The molecule has 0 amide bonds. The van der Waals surface area contributed by atoms with Gasteiger partial charge in [-0.05, 0) is 34.5 Å². The first-order valence-electron chi connectivity index (χ1n) is 5.07. The Labute approximate surface area is 97.4 Å². The summed E-state index contributed by atoms with van der Waals surface area (Å²) in [6.45, 7) is 4.29. The number of hydrogen-bond acceptors (Lipinski definition) is 2. The standard InChI is InChI=1S/C11H14BrN3/c1-3-7(2)9-10(13)15-6-4-5-8(12)11(15)14-9/h4-7H,3,13H2,1-2H3. The van der Waals surface area contributed by atoms with Crippen molar-refractivity contribution in [3.63, 3.8) is 0 Å². The number of hydrogen-bond donors (Lipinski definition) is 1. The predicted octanol–water partition coefficient (Wildman–Crippen LogP) is 3.19. The van der Waals surface area contributed by atoms with E-state index in [1.54, 1.807) is 0 Å². The van der Waals surface area contributed by atoms with Crippen molar-refractivity contribution in [3.8, 4) is 0 Å². The second-order valence-corrected chi connectivity index (χ2v) is 4.60. The Morgan fingerprint density at radius 1 is 1.60 bits per heavy atom. The number of pyridine rings is 1. The first kappa shape index (κ1) is 10.5. The van der Waals surface area contributed by atoms with Crippen molar-refractivity contribution in [2.45, 2.75) is 26.2 Å². The van der Waals surface area contributed by atoms with Crippen LogP contribution in [-0.2, 0) is 0 Å². The summed E-state index contributed by atoms with van der Waals surface area (Å²) in [6.07, 6.45) is 2.99. The zero-order chi connectivity index (χ0) is 11.0. The summed E-state index contributed by atoms with van der Waals surface area (Å²) in [5, 5.41) is 0. The summed E-state index contributed by atoms with van der Waals surface area (Å²) >= 11 is 3.48. The Morgan fingerprint density at radius 3 is 2.93 bits per heavy atom. The van der Waals surface area contributed by atoms with Gasteiger partial charge in [0.15, 0.2) is 5.65 Å². The average molecular weight is 268 g/mol. The summed E-state index contributed by atoms with van der Waals surface area (Å²) in [5.41, 5.74) is 7.95. The molecule has 15 heavy (non-hydrogen) atoms. The maximum Gasteiger partial charge on any atom is 0.153 e. The van der Waals surface area contributed by atoms with Gasteiger partial charge in [-0.25, -0.2) is 4.98 Å². The molecule has 1 unspecified atom stereocenters. The molecule has 2 N–H and O–H groups in total. The Balaban J connectivity index is 2.69. The zero-order valence-electron chi connectivity index (χ0n) is 8.87. The quantitative estimate of drug-likeness (QED) is 0.908. The van der Waals surface area contributed by atoms with Gasteiger partial charge in [-0.2, -0.15) is 0 Å². The molecule has 4 heteroatoms. The lowest BCUT2D eigenvalue weighted by Gasteiger charge is -2.04. The molecule has 0 aromatic carbocycles. The highest BCUT2D eigenvalue weighted by Gasteiger charge is 2.15. The van der Waals surface area contributed by atoms with Gasteiger partial charge in [0.2, 0.25) is 0 Å². The third-order valence-electron chi connectivity index (χ3n) is 2.75. The Hall–Kier alpha value is -1.03. The molecule has 0 fully saturated rings. The Kier molecular flexibility index (Phi) is 2.69. The van der Waals surface area contributed by atoms with E-state index in [1.165, 1.54) is 0 Å². The lowest BCUT2D eigenvalue weighted by molar-refractivity contribution is 0.716. The molecular formula is C11H14BrN3. The molecular weight excluding hydrogens is 254 g/mol. The maximum absolute atomic E-state index is 6.06. The minimum Gasteiger partial charge on any atom is -0.383 e. The molecule has 0 aliphatic carbocycles. The van der Waals surface area contributed by atoms with Gasteiger partial charge in [-0.3, -0.25) is 4.40 Å².